The summed E-state index contributed by atoms with van der Waals surface area (Å²) in [7, 11) is 0. The van der Waals surface area contributed by atoms with Gasteiger partial charge < -0.3 is 14.6 Å². The zero-order valence-corrected chi connectivity index (χ0v) is 12.6. The fourth-order valence-electron chi connectivity index (χ4n) is 2.10. The van der Waals surface area contributed by atoms with Gasteiger partial charge in [0.05, 0.1) is 25.4 Å². The molecule has 0 radical (unpaired) electrons. The van der Waals surface area contributed by atoms with Gasteiger partial charge in [0, 0.05) is 5.92 Å². The molecule has 0 spiro atoms. The first-order valence-electron chi connectivity index (χ1n) is 7.30. The van der Waals surface area contributed by atoms with Crippen LogP contribution in [0.5, 0.6) is 5.75 Å². The van der Waals surface area contributed by atoms with Crippen LogP contribution in [0, 0.1) is 0 Å². The van der Waals surface area contributed by atoms with Crippen molar-refractivity contribution in [1.82, 2.24) is 0 Å². The normalized spacial score (nSPS) is 11.7. The van der Waals surface area contributed by atoms with E-state index in [0.29, 0.717) is 24.5 Å². The molecule has 0 aliphatic heterocycles. The molecule has 0 saturated heterocycles. The van der Waals surface area contributed by atoms with Crippen LogP contribution in [0.15, 0.2) is 54.6 Å². The van der Waals surface area contributed by atoms with Gasteiger partial charge in [-0.25, -0.2) is 4.79 Å². The van der Waals surface area contributed by atoms with Gasteiger partial charge >= 0.3 is 5.97 Å². The van der Waals surface area contributed by atoms with Crippen LogP contribution in [0.3, 0.4) is 0 Å². The van der Waals surface area contributed by atoms with Gasteiger partial charge in [0.2, 0.25) is 0 Å². The van der Waals surface area contributed by atoms with Crippen LogP contribution in [0.25, 0.3) is 0 Å². The van der Waals surface area contributed by atoms with Crippen molar-refractivity contribution in [2.45, 2.75) is 12.8 Å². The first-order chi connectivity index (χ1) is 10.7. The van der Waals surface area contributed by atoms with Crippen LogP contribution in [-0.2, 0) is 4.74 Å². The Hall–Kier alpha value is -2.33. The molecule has 22 heavy (non-hydrogen) atoms. The number of ether oxygens (including phenoxy) is 2. The van der Waals surface area contributed by atoms with Crippen molar-refractivity contribution in [1.29, 1.82) is 0 Å². The summed E-state index contributed by atoms with van der Waals surface area (Å²) in [4.78, 5) is 11.7. The predicted octanol–water partition coefficient (Wildman–Crippen LogP) is 3.02. The highest BCUT2D eigenvalue weighted by Gasteiger charge is 2.12. The minimum Gasteiger partial charge on any atom is -0.493 e. The van der Waals surface area contributed by atoms with Gasteiger partial charge in [-0.15, -0.1) is 0 Å². The Labute approximate surface area is 130 Å². The Kier molecular flexibility index (Phi) is 5.98. The molecule has 0 aliphatic carbocycles. The van der Waals surface area contributed by atoms with Crippen LogP contribution < -0.4 is 4.74 Å². The molecule has 0 heterocycles. The molecule has 0 fully saturated rings. The highest BCUT2D eigenvalue weighted by molar-refractivity contribution is 5.89. The molecule has 0 amide bonds. The molecular formula is C18H20O4. The largest absolute Gasteiger partial charge is 0.493 e. The van der Waals surface area contributed by atoms with E-state index in [2.05, 4.69) is 0 Å². The van der Waals surface area contributed by atoms with E-state index in [9.17, 15) is 9.90 Å². The highest BCUT2D eigenvalue weighted by atomic mass is 16.5. The number of carbonyl (C=O) groups excluding carboxylic acids is 1. The monoisotopic (exact) mass is 300 g/mol. The fourth-order valence-corrected chi connectivity index (χ4v) is 2.10. The fraction of sp³-hybridized carbons (Fsp3) is 0.278. The number of hydrogen-bond acceptors (Lipinski definition) is 4. The number of rotatable bonds is 7. The van der Waals surface area contributed by atoms with Crippen LogP contribution >= 0.6 is 0 Å². The molecule has 1 unspecified atom stereocenters. The second kappa shape index (κ2) is 8.20. The van der Waals surface area contributed by atoms with Crippen molar-refractivity contribution >= 4 is 5.97 Å². The second-order valence-electron chi connectivity index (χ2n) is 4.85. The van der Waals surface area contributed by atoms with Gasteiger partial charge in [-0.2, -0.15) is 0 Å². The summed E-state index contributed by atoms with van der Waals surface area (Å²) in [5.41, 5.74) is 1.48. The molecule has 2 rings (SSSR count). The van der Waals surface area contributed by atoms with E-state index < -0.39 is 0 Å². The predicted molar refractivity (Wildman–Crippen MR) is 84.2 cm³/mol. The van der Waals surface area contributed by atoms with Gasteiger partial charge in [-0.3, -0.25) is 0 Å². The van der Waals surface area contributed by atoms with Crippen molar-refractivity contribution in [3.8, 4) is 5.75 Å². The minimum atomic E-state index is -0.366. The standard InChI is InChI=1S/C18H20O4/c1-2-21-18(20)15-9-6-10-17(11-15)22-13-16(12-19)14-7-4-3-5-8-14/h3-11,16,19H,2,12-13H2,1H3. The molecule has 2 aromatic rings. The van der Waals surface area contributed by atoms with Gasteiger partial charge in [0.25, 0.3) is 0 Å². The third-order valence-corrected chi connectivity index (χ3v) is 3.29. The van der Waals surface area contributed by atoms with Crippen LogP contribution in [0.4, 0.5) is 0 Å². The maximum Gasteiger partial charge on any atom is 0.338 e. The number of aliphatic hydroxyl groups is 1. The highest BCUT2D eigenvalue weighted by Crippen LogP contribution is 2.19. The maximum atomic E-state index is 11.7. The lowest BCUT2D eigenvalue weighted by molar-refractivity contribution is 0.0525. The summed E-state index contributed by atoms with van der Waals surface area (Å²) < 4.78 is 10.7. The average Bonchev–Trinajstić information content (AvgIpc) is 2.57. The van der Waals surface area contributed by atoms with E-state index in [-0.39, 0.29) is 18.5 Å². The summed E-state index contributed by atoms with van der Waals surface area (Å²) >= 11 is 0. The number of esters is 1. The molecule has 1 N–H and O–H groups in total. The van der Waals surface area contributed by atoms with Gasteiger partial charge in [0.15, 0.2) is 0 Å². The Morgan fingerprint density at radius 3 is 2.59 bits per heavy atom. The average molecular weight is 300 g/mol. The smallest absolute Gasteiger partial charge is 0.338 e. The zero-order chi connectivity index (χ0) is 15.8. The molecule has 0 saturated carbocycles. The Bertz CT molecular complexity index is 595. The number of benzene rings is 2. The van der Waals surface area contributed by atoms with Crippen molar-refractivity contribution in [3.63, 3.8) is 0 Å². The molecule has 116 valence electrons. The van der Waals surface area contributed by atoms with Crippen molar-refractivity contribution in [2.24, 2.45) is 0 Å². The topological polar surface area (TPSA) is 55.8 Å². The van der Waals surface area contributed by atoms with Gasteiger partial charge in [-0.05, 0) is 30.7 Å². The van der Waals surface area contributed by atoms with E-state index in [1.807, 2.05) is 30.3 Å². The number of aliphatic hydroxyl groups excluding tert-OH is 1. The summed E-state index contributed by atoms with van der Waals surface area (Å²) in [5, 5.41) is 9.52. The first kappa shape index (κ1) is 16.0. The van der Waals surface area contributed by atoms with Gasteiger partial charge in [-0.1, -0.05) is 36.4 Å². The molecule has 0 aliphatic rings. The van der Waals surface area contributed by atoms with E-state index in [4.69, 9.17) is 9.47 Å². The first-order valence-corrected chi connectivity index (χ1v) is 7.30. The van der Waals surface area contributed by atoms with Crippen LogP contribution in [0.1, 0.15) is 28.8 Å². The molecule has 4 nitrogen and oxygen atoms in total. The minimum absolute atomic E-state index is 0.00157. The summed E-state index contributed by atoms with van der Waals surface area (Å²) in [6.07, 6.45) is 0. The number of hydrogen-bond donors (Lipinski definition) is 1. The maximum absolute atomic E-state index is 11.7. The second-order valence-corrected chi connectivity index (χ2v) is 4.85. The summed E-state index contributed by atoms with van der Waals surface area (Å²) in [6.45, 7) is 2.45. The number of carbonyl (C=O) groups is 1. The third-order valence-electron chi connectivity index (χ3n) is 3.29. The van der Waals surface area contributed by atoms with E-state index in [0.717, 1.165) is 5.56 Å². The zero-order valence-electron chi connectivity index (χ0n) is 12.6. The van der Waals surface area contributed by atoms with Crippen molar-refractivity contribution < 1.29 is 19.4 Å². The lowest BCUT2D eigenvalue weighted by Crippen LogP contribution is -2.14. The van der Waals surface area contributed by atoms with Crippen molar-refractivity contribution in [3.05, 3.63) is 65.7 Å². The Morgan fingerprint density at radius 1 is 1.14 bits per heavy atom. The van der Waals surface area contributed by atoms with Gasteiger partial charge in [0.1, 0.15) is 5.75 Å². The molecule has 0 bridgehead atoms. The molecule has 4 heteroatoms. The summed E-state index contributed by atoms with van der Waals surface area (Å²) in [6, 6.07) is 16.6. The van der Waals surface area contributed by atoms with Crippen LogP contribution in [0.2, 0.25) is 0 Å². The SMILES string of the molecule is CCOC(=O)c1cccc(OCC(CO)c2ccccc2)c1. The van der Waals surface area contributed by atoms with E-state index in [1.165, 1.54) is 0 Å². The lowest BCUT2D eigenvalue weighted by atomic mass is 10.0. The molecular weight excluding hydrogens is 280 g/mol. The van der Waals surface area contributed by atoms with Crippen LogP contribution in [-0.4, -0.2) is 30.9 Å². The van der Waals surface area contributed by atoms with E-state index in [1.54, 1.807) is 31.2 Å². The third kappa shape index (κ3) is 4.33. The Morgan fingerprint density at radius 2 is 1.91 bits per heavy atom. The molecule has 0 aromatic heterocycles. The molecule has 2 aromatic carbocycles. The quantitative estimate of drug-likeness (QED) is 0.799. The summed E-state index contributed by atoms with van der Waals surface area (Å²) in [5.74, 6) is 0.113. The Balaban J connectivity index is 2.01. The lowest BCUT2D eigenvalue weighted by Gasteiger charge is -2.16. The molecule has 1 atom stereocenters. The van der Waals surface area contributed by atoms with E-state index >= 15 is 0 Å². The van der Waals surface area contributed by atoms with Crippen molar-refractivity contribution in [2.75, 3.05) is 19.8 Å².